The van der Waals surface area contributed by atoms with Crippen molar-refractivity contribution in [3.63, 3.8) is 0 Å². The minimum atomic E-state index is -0.114. The molecule has 1 fully saturated rings. The molecule has 0 radical (unpaired) electrons. The van der Waals surface area contributed by atoms with Crippen molar-refractivity contribution in [3.05, 3.63) is 17.5 Å². The smallest absolute Gasteiger partial charge is 0.276 e. The average Bonchev–Trinajstić information content (AvgIpc) is 2.84. The summed E-state index contributed by atoms with van der Waals surface area (Å²) < 4.78 is 5.18. The van der Waals surface area contributed by atoms with Gasteiger partial charge in [0, 0.05) is 44.6 Å². The summed E-state index contributed by atoms with van der Waals surface area (Å²) in [6.45, 7) is 8.35. The predicted octanol–water partition coefficient (Wildman–Crippen LogP) is 1.88. The van der Waals surface area contributed by atoms with Crippen LogP contribution < -0.4 is 0 Å². The second-order valence-corrected chi connectivity index (χ2v) is 5.65. The van der Waals surface area contributed by atoms with Crippen molar-refractivity contribution in [2.75, 3.05) is 26.2 Å². The molecule has 1 aliphatic heterocycles. The van der Waals surface area contributed by atoms with Gasteiger partial charge in [0.25, 0.3) is 5.91 Å². The molecular weight excluding hydrogens is 270 g/mol. The highest BCUT2D eigenvalue weighted by Crippen LogP contribution is 2.17. The Bertz CT molecular complexity index is 510. The zero-order valence-electron chi connectivity index (χ0n) is 13.0. The number of carbonyl (C=O) groups is 2. The van der Waals surface area contributed by atoms with Crippen LogP contribution >= 0.6 is 0 Å². The van der Waals surface area contributed by atoms with Gasteiger partial charge < -0.3 is 14.3 Å². The Morgan fingerprint density at radius 1 is 1.24 bits per heavy atom. The van der Waals surface area contributed by atoms with E-state index in [2.05, 4.69) is 5.16 Å². The highest BCUT2D eigenvalue weighted by Gasteiger charge is 2.24. The molecule has 2 rings (SSSR count). The van der Waals surface area contributed by atoms with Crippen LogP contribution in [0.4, 0.5) is 0 Å². The SMILES string of the molecule is CCC(=O)N1CCCN(C(=O)c2cc(C(C)C)on2)CC1. The van der Waals surface area contributed by atoms with Crippen molar-refractivity contribution in [2.24, 2.45) is 0 Å². The molecule has 2 amide bonds. The van der Waals surface area contributed by atoms with Gasteiger partial charge in [-0.3, -0.25) is 9.59 Å². The minimum absolute atomic E-state index is 0.114. The lowest BCUT2D eigenvalue weighted by atomic mass is 10.1. The first-order valence-corrected chi connectivity index (χ1v) is 7.56. The van der Waals surface area contributed by atoms with Gasteiger partial charge in [0.2, 0.25) is 5.91 Å². The van der Waals surface area contributed by atoms with Crippen LogP contribution in [0.5, 0.6) is 0 Å². The van der Waals surface area contributed by atoms with E-state index in [0.717, 1.165) is 12.2 Å². The Balaban J connectivity index is 2.01. The van der Waals surface area contributed by atoms with E-state index in [1.807, 2.05) is 25.7 Å². The van der Waals surface area contributed by atoms with Gasteiger partial charge in [-0.2, -0.15) is 0 Å². The van der Waals surface area contributed by atoms with Crippen molar-refractivity contribution in [1.29, 1.82) is 0 Å². The molecule has 0 atom stereocenters. The Labute approximate surface area is 125 Å². The summed E-state index contributed by atoms with van der Waals surface area (Å²) in [6.07, 6.45) is 1.31. The molecule has 0 aliphatic carbocycles. The third kappa shape index (κ3) is 3.62. The Hall–Kier alpha value is -1.85. The number of hydrogen-bond donors (Lipinski definition) is 0. The van der Waals surface area contributed by atoms with Crippen LogP contribution in [-0.4, -0.2) is 52.9 Å². The van der Waals surface area contributed by atoms with Crippen molar-refractivity contribution < 1.29 is 14.1 Å². The maximum Gasteiger partial charge on any atom is 0.276 e. The second kappa shape index (κ2) is 6.74. The van der Waals surface area contributed by atoms with Crippen LogP contribution in [0.2, 0.25) is 0 Å². The van der Waals surface area contributed by atoms with Gasteiger partial charge >= 0.3 is 0 Å². The molecule has 1 aromatic rings. The average molecular weight is 293 g/mol. The largest absolute Gasteiger partial charge is 0.360 e. The number of carbonyl (C=O) groups excluding carboxylic acids is 2. The first-order valence-electron chi connectivity index (χ1n) is 7.56. The highest BCUT2D eigenvalue weighted by atomic mass is 16.5. The Morgan fingerprint density at radius 2 is 1.90 bits per heavy atom. The second-order valence-electron chi connectivity index (χ2n) is 5.65. The van der Waals surface area contributed by atoms with E-state index in [1.54, 1.807) is 11.0 Å². The number of amides is 2. The van der Waals surface area contributed by atoms with E-state index in [-0.39, 0.29) is 17.7 Å². The van der Waals surface area contributed by atoms with E-state index < -0.39 is 0 Å². The van der Waals surface area contributed by atoms with Gasteiger partial charge in [-0.1, -0.05) is 25.9 Å². The fourth-order valence-electron chi connectivity index (χ4n) is 2.42. The lowest BCUT2D eigenvalue weighted by molar-refractivity contribution is -0.130. The molecule has 0 spiro atoms. The van der Waals surface area contributed by atoms with Gasteiger partial charge in [0.05, 0.1) is 0 Å². The molecule has 6 nitrogen and oxygen atoms in total. The maximum absolute atomic E-state index is 12.4. The standard InChI is InChI=1S/C15H23N3O3/c1-4-14(19)17-6-5-7-18(9-8-17)15(20)12-10-13(11(2)3)21-16-12/h10-11H,4-9H2,1-3H3. The van der Waals surface area contributed by atoms with E-state index in [9.17, 15) is 9.59 Å². The summed E-state index contributed by atoms with van der Waals surface area (Å²) in [5, 5.41) is 3.87. The van der Waals surface area contributed by atoms with Crippen molar-refractivity contribution in [2.45, 2.75) is 39.5 Å². The summed E-state index contributed by atoms with van der Waals surface area (Å²) in [5.41, 5.74) is 0.356. The summed E-state index contributed by atoms with van der Waals surface area (Å²) in [6, 6.07) is 1.72. The molecule has 1 saturated heterocycles. The van der Waals surface area contributed by atoms with Gasteiger partial charge in [-0.25, -0.2) is 0 Å². The molecule has 0 saturated carbocycles. The van der Waals surface area contributed by atoms with Gasteiger partial charge in [-0.15, -0.1) is 0 Å². The van der Waals surface area contributed by atoms with Crippen LogP contribution in [-0.2, 0) is 4.79 Å². The van der Waals surface area contributed by atoms with E-state index in [1.165, 1.54) is 0 Å². The molecule has 116 valence electrons. The third-order valence-electron chi connectivity index (χ3n) is 3.75. The fraction of sp³-hybridized carbons (Fsp3) is 0.667. The first kappa shape index (κ1) is 15.5. The van der Waals surface area contributed by atoms with Crippen LogP contribution in [0.1, 0.15) is 55.8 Å². The molecule has 0 unspecified atom stereocenters. The zero-order chi connectivity index (χ0) is 15.4. The van der Waals surface area contributed by atoms with E-state index >= 15 is 0 Å². The lowest BCUT2D eigenvalue weighted by Crippen LogP contribution is -2.37. The number of aromatic nitrogens is 1. The first-order chi connectivity index (χ1) is 10.0. The topological polar surface area (TPSA) is 66.7 Å². The van der Waals surface area contributed by atoms with Crippen molar-refractivity contribution in [3.8, 4) is 0 Å². The van der Waals surface area contributed by atoms with Gasteiger partial charge in [0.15, 0.2) is 5.69 Å². The molecule has 21 heavy (non-hydrogen) atoms. The van der Waals surface area contributed by atoms with Crippen LogP contribution in [0, 0.1) is 0 Å². The number of rotatable bonds is 3. The van der Waals surface area contributed by atoms with Crippen LogP contribution in [0.15, 0.2) is 10.6 Å². The predicted molar refractivity (Wildman–Crippen MR) is 78.0 cm³/mol. The van der Waals surface area contributed by atoms with Crippen molar-refractivity contribution >= 4 is 11.8 Å². The lowest BCUT2D eigenvalue weighted by Gasteiger charge is -2.21. The molecule has 0 bridgehead atoms. The quantitative estimate of drug-likeness (QED) is 0.853. The van der Waals surface area contributed by atoms with Gasteiger partial charge in [-0.05, 0) is 6.42 Å². The summed E-state index contributed by atoms with van der Waals surface area (Å²) in [4.78, 5) is 27.8. The molecule has 1 aromatic heterocycles. The fourth-order valence-corrected chi connectivity index (χ4v) is 2.42. The van der Waals surface area contributed by atoms with Crippen molar-refractivity contribution in [1.82, 2.24) is 15.0 Å². The number of nitrogens with zero attached hydrogens (tertiary/aromatic N) is 3. The maximum atomic E-state index is 12.4. The molecular formula is C15H23N3O3. The van der Waals surface area contributed by atoms with E-state index in [0.29, 0.717) is 38.3 Å². The van der Waals surface area contributed by atoms with Crippen LogP contribution in [0.3, 0.4) is 0 Å². The molecule has 2 heterocycles. The van der Waals surface area contributed by atoms with Crippen LogP contribution in [0.25, 0.3) is 0 Å². The van der Waals surface area contributed by atoms with E-state index in [4.69, 9.17) is 4.52 Å². The minimum Gasteiger partial charge on any atom is -0.360 e. The third-order valence-corrected chi connectivity index (χ3v) is 3.75. The summed E-state index contributed by atoms with van der Waals surface area (Å²) in [5.74, 6) is 0.959. The molecule has 0 aromatic carbocycles. The normalized spacial score (nSPS) is 16.2. The molecule has 0 N–H and O–H groups in total. The Morgan fingerprint density at radius 3 is 2.52 bits per heavy atom. The summed E-state index contributed by atoms with van der Waals surface area (Å²) >= 11 is 0. The monoisotopic (exact) mass is 293 g/mol. The number of hydrogen-bond acceptors (Lipinski definition) is 4. The zero-order valence-corrected chi connectivity index (χ0v) is 13.0. The molecule has 1 aliphatic rings. The Kier molecular flexibility index (Phi) is 4.98. The molecule has 6 heteroatoms. The highest BCUT2D eigenvalue weighted by molar-refractivity contribution is 5.92. The summed E-state index contributed by atoms with van der Waals surface area (Å²) in [7, 11) is 0. The van der Waals surface area contributed by atoms with Gasteiger partial charge in [0.1, 0.15) is 5.76 Å².